The minimum atomic E-state index is -1.20. The molecule has 0 aromatic heterocycles. The van der Waals surface area contributed by atoms with Gasteiger partial charge in [0, 0.05) is 25.8 Å². The summed E-state index contributed by atoms with van der Waals surface area (Å²) in [6.45, 7) is 4.24. The minimum Gasteiger partial charge on any atom is -0.535 e. The molecule has 2 rings (SSSR count). The van der Waals surface area contributed by atoms with Crippen LogP contribution in [0.2, 0.25) is 5.82 Å². The van der Waals surface area contributed by atoms with Crippen LogP contribution in [0.4, 0.5) is 0 Å². The highest BCUT2D eigenvalue weighted by atomic mass is 16.7. The highest BCUT2D eigenvalue weighted by molar-refractivity contribution is 6.47. The van der Waals surface area contributed by atoms with Crippen molar-refractivity contribution in [2.45, 2.75) is 51.5 Å². The molecule has 152 valence electrons. The van der Waals surface area contributed by atoms with Crippen molar-refractivity contribution in [1.29, 1.82) is 0 Å². The molecule has 0 amide bonds. The van der Waals surface area contributed by atoms with Crippen LogP contribution < -0.4 is 4.65 Å². The molecule has 1 aliphatic rings. The smallest absolute Gasteiger partial charge is 0.526 e. The highest BCUT2D eigenvalue weighted by Gasteiger charge is 2.37. The number of benzene rings is 1. The maximum atomic E-state index is 12.4. The zero-order chi connectivity index (χ0) is 20.9. The van der Waals surface area contributed by atoms with Gasteiger partial charge in [-0.25, -0.2) is 9.59 Å². The van der Waals surface area contributed by atoms with Crippen molar-refractivity contribution >= 4 is 24.8 Å². The molecular weight excluding hydrogens is 367 g/mol. The fraction of sp³-hybridized carbons (Fsp3) is 0.526. The average Bonchev–Trinajstić information content (AvgIpc) is 2.67. The highest BCUT2D eigenvalue weighted by Crippen LogP contribution is 2.36. The number of esters is 2. The van der Waals surface area contributed by atoms with Crippen molar-refractivity contribution < 1.29 is 38.3 Å². The summed E-state index contributed by atoms with van der Waals surface area (Å²) < 4.78 is 20.4. The molecular formula is C19H25BO8. The van der Waals surface area contributed by atoms with Crippen LogP contribution in [0.1, 0.15) is 49.5 Å². The van der Waals surface area contributed by atoms with Crippen molar-refractivity contribution in [3.63, 3.8) is 0 Å². The van der Waals surface area contributed by atoms with E-state index in [0.29, 0.717) is 18.4 Å². The number of carbonyl (C=O) groups is 3. The lowest BCUT2D eigenvalue weighted by molar-refractivity contribution is -0.173. The molecule has 1 aromatic rings. The van der Waals surface area contributed by atoms with Crippen LogP contribution in [-0.2, 0) is 30.2 Å². The first-order valence-electron chi connectivity index (χ1n) is 9.07. The van der Waals surface area contributed by atoms with Crippen LogP contribution in [0.3, 0.4) is 0 Å². The third-order valence-electron chi connectivity index (χ3n) is 4.71. The number of Topliss-reactive ketones (excluding diaryl/α,β-unsaturated/α-hetero) is 1. The zero-order valence-corrected chi connectivity index (χ0v) is 16.5. The fourth-order valence-electron chi connectivity index (χ4n) is 2.73. The number of ketones is 1. The predicted molar refractivity (Wildman–Crippen MR) is 99.9 cm³/mol. The monoisotopic (exact) mass is 392 g/mol. The Hall–Kier alpha value is -2.39. The maximum Gasteiger partial charge on any atom is 0.526 e. The number of hydrogen-bond acceptors (Lipinski definition) is 8. The van der Waals surface area contributed by atoms with Gasteiger partial charge in [-0.15, -0.1) is 0 Å². The molecule has 28 heavy (non-hydrogen) atoms. The normalized spacial score (nSPS) is 16.0. The van der Waals surface area contributed by atoms with Crippen molar-refractivity contribution in [3.8, 4) is 5.75 Å². The van der Waals surface area contributed by atoms with Crippen LogP contribution in [0, 0.1) is 0 Å². The van der Waals surface area contributed by atoms with Gasteiger partial charge in [-0.2, -0.15) is 0 Å². The predicted octanol–water partition coefficient (Wildman–Crippen LogP) is 1.92. The molecule has 0 saturated carbocycles. The Balaban J connectivity index is 2.04. The number of rotatable bonds is 8. The number of para-hydroxylation sites is 1. The van der Waals surface area contributed by atoms with Crippen LogP contribution in [0.5, 0.6) is 5.75 Å². The van der Waals surface area contributed by atoms with E-state index >= 15 is 0 Å². The molecule has 0 spiro atoms. The Morgan fingerprint density at radius 1 is 1.29 bits per heavy atom. The topological polar surface area (TPSA) is 108 Å². The first kappa shape index (κ1) is 21.9. The lowest BCUT2D eigenvalue weighted by Crippen LogP contribution is -2.36. The van der Waals surface area contributed by atoms with Gasteiger partial charge in [0.15, 0.2) is 5.60 Å². The van der Waals surface area contributed by atoms with Crippen molar-refractivity contribution in [2.24, 2.45) is 0 Å². The maximum absolute atomic E-state index is 12.4. The van der Waals surface area contributed by atoms with E-state index in [-0.39, 0.29) is 29.3 Å². The van der Waals surface area contributed by atoms with Crippen LogP contribution in [-0.4, -0.2) is 49.4 Å². The zero-order valence-electron chi connectivity index (χ0n) is 16.5. The second-order valence-corrected chi connectivity index (χ2v) is 7.06. The summed E-state index contributed by atoms with van der Waals surface area (Å²) in [4.78, 5) is 35.9. The molecule has 0 unspecified atom stereocenters. The van der Waals surface area contributed by atoms with Crippen LogP contribution in [0.15, 0.2) is 18.2 Å². The first-order chi connectivity index (χ1) is 13.2. The van der Waals surface area contributed by atoms with E-state index in [0.717, 1.165) is 0 Å². The van der Waals surface area contributed by atoms with E-state index in [9.17, 15) is 19.4 Å². The van der Waals surface area contributed by atoms with E-state index in [1.807, 2.05) is 0 Å². The van der Waals surface area contributed by atoms with Gasteiger partial charge in [-0.05, 0) is 31.9 Å². The summed E-state index contributed by atoms with van der Waals surface area (Å²) in [5.41, 5.74) is -0.346. The van der Waals surface area contributed by atoms with Gasteiger partial charge in [-0.3, -0.25) is 4.79 Å². The molecule has 1 N–H and O–H groups in total. The van der Waals surface area contributed by atoms with Crippen molar-refractivity contribution in [3.05, 3.63) is 29.3 Å². The summed E-state index contributed by atoms with van der Waals surface area (Å²) in [5.74, 6) is -1.55. The number of fused-ring (bicyclic) bond motifs is 1. The molecule has 0 saturated heterocycles. The van der Waals surface area contributed by atoms with E-state index in [2.05, 4.69) is 0 Å². The summed E-state index contributed by atoms with van der Waals surface area (Å²) in [5, 5.41) is 10.2. The van der Waals surface area contributed by atoms with Gasteiger partial charge < -0.3 is 23.9 Å². The first-order valence-corrected chi connectivity index (χ1v) is 9.07. The third-order valence-corrected chi connectivity index (χ3v) is 4.71. The van der Waals surface area contributed by atoms with Crippen molar-refractivity contribution in [1.82, 2.24) is 0 Å². The molecule has 1 heterocycles. The second kappa shape index (κ2) is 9.21. The molecule has 8 nitrogen and oxygen atoms in total. The van der Waals surface area contributed by atoms with Crippen LogP contribution >= 0.6 is 0 Å². The summed E-state index contributed by atoms with van der Waals surface area (Å²) in [7, 11) is 0.172. The molecule has 0 fully saturated rings. The number of ether oxygens (including phenoxy) is 3. The van der Waals surface area contributed by atoms with Gasteiger partial charge in [0.05, 0.1) is 0 Å². The average molecular weight is 392 g/mol. The second-order valence-electron chi connectivity index (χ2n) is 7.06. The Morgan fingerprint density at radius 3 is 2.64 bits per heavy atom. The van der Waals surface area contributed by atoms with E-state index in [1.54, 1.807) is 19.1 Å². The van der Waals surface area contributed by atoms with Gasteiger partial charge in [-0.1, -0.05) is 19.1 Å². The molecule has 0 bridgehead atoms. The van der Waals surface area contributed by atoms with Gasteiger partial charge >= 0.3 is 19.1 Å². The van der Waals surface area contributed by atoms with Crippen molar-refractivity contribution in [2.75, 3.05) is 13.9 Å². The number of carbonyl (C=O) groups excluding carboxylic acids is 3. The third kappa shape index (κ3) is 5.11. The van der Waals surface area contributed by atoms with E-state index < -0.39 is 31.5 Å². The Kier molecular flexibility index (Phi) is 7.20. The quantitative estimate of drug-likeness (QED) is 0.406. The van der Waals surface area contributed by atoms with Gasteiger partial charge in [0.25, 0.3) is 0 Å². The Bertz CT molecular complexity index is 745. The largest absolute Gasteiger partial charge is 0.535 e. The minimum absolute atomic E-state index is 0.0347. The molecule has 9 heteroatoms. The standard InChI is InChI=1S/C19H25BO8/c1-5-14(21)10-13-9-12-7-6-8-15(16(12)28-20(13)24)17(22)26-11-27-18(23)19(2,3)25-4/h6-8,13,24H,5,9-11H2,1-4H3/t13-/m1/s1. The van der Waals surface area contributed by atoms with Gasteiger partial charge in [0.1, 0.15) is 17.1 Å². The summed E-state index contributed by atoms with van der Waals surface area (Å²) in [6, 6.07) is 4.92. The van der Waals surface area contributed by atoms with E-state index in [1.165, 1.54) is 27.0 Å². The lowest BCUT2D eigenvalue weighted by Gasteiger charge is -2.28. The molecule has 0 radical (unpaired) electrons. The Morgan fingerprint density at radius 2 is 2.00 bits per heavy atom. The summed E-state index contributed by atoms with van der Waals surface area (Å²) in [6.07, 6.45) is 0.998. The summed E-state index contributed by atoms with van der Waals surface area (Å²) >= 11 is 0. The number of methoxy groups -OCH3 is 1. The fourth-order valence-corrected chi connectivity index (χ4v) is 2.73. The SMILES string of the molecule is CCC(=O)C[C@H]1Cc2cccc(C(=O)OCOC(=O)C(C)(C)OC)c2OB1O. The molecule has 1 atom stereocenters. The molecule has 1 aliphatic heterocycles. The molecule has 1 aromatic carbocycles. The lowest BCUT2D eigenvalue weighted by atomic mass is 9.64. The van der Waals surface area contributed by atoms with Gasteiger partial charge in [0.2, 0.25) is 6.79 Å². The number of hydrogen-bond donors (Lipinski definition) is 1. The Labute approximate surface area is 164 Å². The molecule has 0 aliphatic carbocycles. The van der Waals surface area contributed by atoms with Crippen LogP contribution in [0.25, 0.3) is 0 Å². The van der Waals surface area contributed by atoms with E-state index in [4.69, 9.17) is 18.9 Å².